The summed E-state index contributed by atoms with van der Waals surface area (Å²) in [6, 6.07) is 15.9. The quantitative estimate of drug-likeness (QED) is 0.237. The van der Waals surface area contributed by atoms with Gasteiger partial charge in [-0.15, -0.1) is 34.0 Å². The molecule has 0 aliphatic carbocycles. The zero-order valence-electron chi connectivity index (χ0n) is 19.9. The Morgan fingerprint density at radius 2 is 0.970 bits per heavy atom. The number of hydrogen-bond acceptors (Lipinski definition) is 4. The van der Waals surface area contributed by atoms with Crippen LogP contribution in [0.5, 0.6) is 0 Å². The highest BCUT2D eigenvalue weighted by Crippen LogP contribution is 2.28. The summed E-state index contributed by atoms with van der Waals surface area (Å²) in [5.41, 5.74) is 1.50. The first-order valence-corrected chi connectivity index (χ1v) is 11.0. The van der Waals surface area contributed by atoms with Gasteiger partial charge in [0.1, 0.15) is 0 Å². The molecule has 0 saturated carbocycles. The second-order valence-corrected chi connectivity index (χ2v) is 7.67. The van der Waals surface area contributed by atoms with Gasteiger partial charge < -0.3 is 5.48 Å². The molecule has 0 unspecified atom stereocenters. The molecule has 0 aliphatic heterocycles. The van der Waals surface area contributed by atoms with Crippen LogP contribution in [-0.4, -0.2) is 66.1 Å². The third-order valence-electron chi connectivity index (χ3n) is 6.00. The highest BCUT2D eigenvalue weighted by molar-refractivity contribution is 8.93. The summed E-state index contributed by atoms with van der Waals surface area (Å²) in [5, 5.41) is 3.90. The summed E-state index contributed by atoms with van der Waals surface area (Å²) in [6.07, 6.45) is 0. The van der Waals surface area contributed by atoms with Crippen LogP contribution in [0, 0.1) is 0 Å². The fourth-order valence-corrected chi connectivity index (χ4v) is 4.01. The Bertz CT molecular complexity index is 979. The first-order chi connectivity index (χ1) is 14.5. The molecule has 5 nitrogen and oxygen atoms in total. The number of benzene rings is 3. The predicted octanol–water partition coefficient (Wildman–Crippen LogP) is 5.37. The number of hydrogen-bond donors (Lipinski definition) is 0. The zero-order chi connectivity index (χ0) is 21.7. The van der Waals surface area contributed by atoms with Crippen molar-refractivity contribution >= 4 is 67.1 Å². The van der Waals surface area contributed by atoms with E-state index in [0.717, 1.165) is 58.9 Å². The lowest BCUT2D eigenvalue weighted by atomic mass is 9.94. The average Bonchev–Trinajstić information content (AvgIpc) is 2.78. The maximum atomic E-state index is 13.0. The molecule has 3 aromatic rings. The Kier molecular flexibility index (Phi) is 13.9. The van der Waals surface area contributed by atoms with Crippen molar-refractivity contribution in [3.8, 4) is 0 Å². The van der Waals surface area contributed by atoms with E-state index in [9.17, 15) is 9.59 Å². The van der Waals surface area contributed by atoms with E-state index in [1.165, 1.54) is 0 Å². The van der Waals surface area contributed by atoms with Crippen LogP contribution in [0.3, 0.4) is 0 Å². The minimum atomic E-state index is 0. The predicted molar refractivity (Wildman–Crippen MR) is 150 cm³/mol. The van der Waals surface area contributed by atoms with Crippen LogP contribution in [-0.2, 0) is 0 Å². The summed E-state index contributed by atoms with van der Waals surface area (Å²) in [6.45, 7) is 12.6. The smallest absolute Gasteiger partial charge is 0.177 e. The number of carbonyl (C=O) groups excluding carboxylic acids is 2. The van der Waals surface area contributed by atoms with Crippen LogP contribution in [0.4, 0.5) is 0 Å². The number of likely N-dealkylation sites (N-methyl/N-ethyl adjacent to an activating group) is 2. The molecule has 3 aromatic carbocycles. The van der Waals surface area contributed by atoms with Crippen LogP contribution in [0.15, 0.2) is 48.5 Å². The van der Waals surface area contributed by atoms with E-state index in [2.05, 4.69) is 49.6 Å². The fraction of sp³-hybridized carbons (Fsp3) is 0.385. The van der Waals surface area contributed by atoms with E-state index in [1.54, 1.807) is 0 Å². The molecule has 0 spiro atoms. The molecule has 7 heteroatoms. The van der Waals surface area contributed by atoms with E-state index in [0.29, 0.717) is 13.1 Å². The normalized spacial score (nSPS) is 10.6. The molecule has 182 valence electrons. The summed E-state index contributed by atoms with van der Waals surface area (Å²) >= 11 is 0. The fourth-order valence-electron chi connectivity index (χ4n) is 4.01. The topological polar surface area (TPSA) is 72.1 Å². The van der Waals surface area contributed by atoms with Crippen LogP contribution in [0.1, 0.15) is 48.4 Å². The Balaban J connectivity index is 0.00000341. The van der Waals surface area contributed by atoms with Crippen molar-refractivity contribution in [1.29, 1.82) is 0 Å². The number of rotatable bonds is 10. The number of ketones is 2. The van der Waals surface area contributed by atoms with Crippen molar-refractivity contribution in [2.45, 2.75) is 27.7 Å². The molecule has 0 atom stereocenters. The summed E-state index contributed by atoms with van der Waals surface area (Å²) in [7, 11) is 0. The highest BCUT2D eigenvalue weighted by Gasteiger charge is 2.16. The lowest BCUT2D eigenvalue weighted by Crippen LogP contribution is -2.29. The second-order valence-electron chi connectivity index (χ2n) is 7.67. The third-order valence-corrected chi connectivity index (χ3v) is 6.00. The Hall–Kier alpha value is -1.64. The number of fused-ring (bicyclic) bond motifs is 2. The van der Waals surface area contributed by atoms with Crippen LogP contribution < -0.4 is 0 Å². The molecule has 0 bridgehead atoms. The number of carbonyl (C=O) groups is 2. The minimum absolute atomic E-state index is 0. The van der Waals surface area contributed by atoms with Gasteiger partial charge in [-0.05, 0) is 59.9 Å². The van der Waals surface area contributed by atoms with E-state index < -0.39 is 0 Å². The van der Waals surface area contributed by atoms with Crippen molar-refractivity contribution in [2.75, 3.05) is 39.3 Å². The molecular formula is C26H36Br2N2O3. The lowest BCUT2D eigenvalue weighted by Gasteiger charge is -2.18. The van der Waals surface area contributed by atoms with Crippen LogP contribution >= 0.6 is 34.0 Å². The van der Waals surface area contributed by atoms with Gasteiger partial charge >= 0.3 is 0 Å². The molecule has 0 aromatic heterocycles. The first-order valence-electron chi connectivity index (χ1n) is 11.0. The monoisotopic (exact) mass is 582 g/mol. The molecule has 0 amide bonds. The van der Waals surface area contributed by atoms with Gasteiger partial charge in [-0.1, -0.05) is 64.1 Å². The van der Waals surface area contributed by atoms with Crippen molar-refractivity contribution in [3.05, 3.63) is 59.7 Å². The maximum absolute atomic E-state index is 13.0. The average molecular weight is 584 g/mol. The van der Waals surface area contributed by atoms with Gasteiger partial charge in [0.05, 0.1) is 13.1 Å². The first kappa shape index (κ1) is 31.4. The second kappa shape index (κ2) is 14.6. The SMILES string of the molecule is Br.Br.CCN(CC)CC(=O)c1cccc2cc3c(C(=O)CN(CC)CC)cccc3cc12.O. The van der Waals surface area contributed by atoms with Crippen molar-refractivity contribution in [3.63, 3.8) is 0 Å². The summed E-state index contributed by atoms with van der Waals surface area (Å²) < 4.78 is 0. The molecule has 33 heavy (non-hydrogen) atoms. The summed E-state index contributed by atoms with van der Waals surface area (Å²) in [5.74, 6) is 0.273. The molecule has 3 rings (SSSR count). The van der Waals surface area contributed by atoms with E-state index in [-0.39, 0.29) is 51.0 Å². The molecule has 0 heterocycles. The Morgan fingerprint density at radius 1 is 0.636 bits per heavy atom. The van der Waals surface area contributed by atoms with Crippen molar-refractivity contribution < 1.29 is 15.1 Å². The third kappa shape index (κ3) is 7.17. The standard InChI is InChI=1S/C26H32N2O2.2BrH.H2O/c1-5-27(6-2)17-25(29)21-13-9-11-19-16-24-20(15-23(19)21)12-10-14-22(24)26(30)18-28(7-3)8-4;;;/h9-16H,5-8,17-18H2,1-4H3;2*1H;1H2. The van der Waals surface area contributed by atoms with Gasteiger partial charge in [0.15, 0.2) is 11.6 Å². The lowest BCUT2D eigenvalue weighted by molar-refractivity contribution is 0.0931. The van der Waals surface area contributed by atoms with E-state index in [1.807, 2.05) is 36.4 Å². The summed E-state index contributed by atoms with van der Waals surface area (Å²) in [4.78, 5) is 30.2. The Morgan fingerprint density at radius 3 is 1.27 bits per heavy atom. The number of Topliss-reactive ketones (excluding diaryl/α,β-unsaturated/α-hetero) is 2. The van der Waals surface area contributed by atoms with E-state index >= 15 is 0 Å². The largest absolute Gasteiger partial charge is 0.412 e. The number of halogens is 2. The molecular weight excluding hydrogens is 548 g/mol. The molecule has 2 N–H and O–H groups in total. The van der Waals surface area contributed by atoms with Gasteiger partial charge in [-0.25, -0.2) is 0 Å². The van der Waals surface area contributed by atoms with Gasteiger partial charge in [0, 0.05) is 11.1 Å². The molecule has 0 saturated heterocycles. The van der Waals surface area contributed by atoms with Gasteiger partial charge in [-0.2, -0.15) is 0 Å². The van der Waals surface area contributed by atoms with Crippen LogP contribution in [0.25, 0.3) is 21.5 Å². The molecule has 0 aliphatic rings. The zero-order valence-corrected chi connectivity index (χ0v) is 23.3. The molecule has 0 fully saturated rings. The highest BCUT2D eigenvalue weighted by atomic mass is 79.9. The molecule has 0 radical (unpaired) electrons. The van der Waals surface area contributed by atoms with Gasteiger partial charge in [-0.3, -0.25) is 19.4 Å². The van der Waals surface area contributed by atoms with Crippen molar-refractivity contribution in [2.24, 2.45) is 0 Å². The van der Waals surface area contributed by atoms with Gasteiger partial charge in [0.2, 0.25) is 0 Å². The van der Waals surface area contributed by atoms with Crippen LogP contribution in [0.2, 0.25) is 0 Å². The van der Waals surface area contributed by atoms with Gasteiger partial charge in [0.25, 0.3) is 0 Å². The van der Waals surface area contributed by atoms with E-state index in [4.69, 9.17) is 0 Å². The maximum Gasteiger partial charge on any atom is 0.177 e. The van der Waals surface area contributed by atoms with Crippen molar-refractivity contribution in [1.82, 2.24) is 9.80 Å². The number of nitrogens with zero attached hydrogens (tertiary/aromatic N) is 2. The Labute approximate surface area is 218 Å². The minimum Gasteiger partial charge on any atom is -0.412 e.